The largest absolute Gasteiger partial charge is 0.393 e. The molecule has 1 heterocycles. The first-order valence-electron chi connectivity index (χ1n) is 10.9. The molecule has 6 nitrogen and oxygen atoms in total. The zero-order chi connectivity index (χ0) is 25.2. The molecule has 0 saturated heterocycles. The van der Waals surface area contributed by atoms with Gasteiger partial charge in [0.2, 0.25) is 0 Å². The number of aromatic nitrogens is 1. The summed E-state index contributed by atoms with van der Waals surface area (Å²) in [6.07, 6.45) is 17.8. The Labute approximate surface area is 212 Å². The second-order valence-electron chi connectivity index (χ2n) is 7.07. The Hall–Kier alpha value is -3.09. The van der Waals surface area contributed by atoms with Gasteiger partial charge < -0.3 is 16.0 Å². The van der Waals surface area contributed by atoms with E-state index in [0.717, 1.165) is 23.4 Å². The predicted molar refractivity (Wildman–Crippen MR) is 145 cm³/mol. The van der Waals surface area contributed by atoms with E-state index < -0.39 is 0 Å². The normalized spacial score (nSPS) is 13.1. The molecule has 182 valence electrons. The van der Waals surface area contributed by atoms with Crippen LogP contribution in [0.5, 0.6) is 0 Å². The van der Waals surface area contributed by atoms with Crippen molar-refractivity contribution >= 4 is 35.3 Å². The van der Waals surface area contributed by atoms with E-state index in [2.05, 4.69) is 45.5 Å². The number of aliphatic imine (C=N–C) groups is 1. The van der Waals surface area contributed by atoms with Gasteiger partial charge in [-0.25, -0.2) is 0 Å². The van der Waals surface area contributed by atoms with Crippen molar-refractivity contribution in [1.82, 2.24) is 20.9 Å². The first-order valence-corrected chi connectivity index (χ1v) is 11.6. The lowest BCUT2D eigenvalue weighted by atomic mass is 10.1. The topological polar surface area (TPSA) is 78.4 Å². The molecule has 1 rings (SSSR count). The molecule has 0 unspecified atom stereocenters. The van der Waals surface area contributed by atoms with Crippen LogP contribution >= 0.6 is 23.2 Å². The van der Waals surface area contributed by atoms with Crippen LogP contribution in [0.3, 0.4) is 0 Å². The van der Waals surface area contributed by atoms with E-state index in [1.807, 2.05) is 24.3 Å². The molecule has 0 bridgehead atoms. The maximum atomic E-state index is 12.7. The third kappa shape index (κ3) is 12.8. The summed E-state index contributed by atoms with van der Waals surface area (Å²) in [5, 5.41) is 10.1. The van der Waals surface area contributed by atoms with Crippen molar-refractivity contribution in [2.24, 2.45) is 4.99 Å². The second-order valence-corrected chi connectivity index (χ2v) is 7.99. The van der Waals surface area contributed by atoms with Crippen LogP contribution in [0.1, 0.15) is 29.4 Å². The van der Waals surface area contributed by atoms with Crippen molar-refractivity contribution in [2.75, 3.05) is 27.2 Å². The maximum absolute atomic E-state index is 12.7. The van der Waals surface area contributed by atoms with Gasteiger partial charge in [0.15, 0.2) is 0 Å². The highest BCUT2D eigenvalue weighted by molar-refractivity contribution is 6.39. The Balaban J connectivity index is 2.80. The summed E-state index contributed by atoms with van der Waals surface area (Å²) in [6.45, 7) is 6.57. The molecule has 1 aromatic heterocycles. The highest BCUT2D eigenvalue weighted by atomic mass is 35.5. The third-order valence-corrected chi connectivity index (χ3v) is 4.60. The fourth-order valence-electron chi connectivity index (χ4n) is 2.81. The van der Waals surface area contributed by atoms with E-state index in [4.69, 9.17) is 23.2 Å². The molecule has 0 fully saturated rings. The van der Waals surface area contributed by atoms with Gasteiger partial charge in [0, 0.05) is 67.7 Å². The van der Waals surface area contributed by atoms with Gasteiger partial charge >= 0.3 is 0 Å². The molecule has 0 saturated carbocycles. The van der Waals surface area contributed by atoms with Gasteiger partial charge in [-0.3, -0.25) is 14.8 Å². The van der Waals surface area contributed by atoms with Crippen LogP contribution in [0, 0.1) is 0 Å². The predicted octanol–water partition coefficient (Wildman–Crippen LogP) is 5.03. The van der Waals surface area contributed by atoms with E-state index >= 15 is 0 Å². The SMILES string of the molecule is C=C(Cl)/C=C\CN/C(=C\NC)CNC(=O)c1ccnc(CC(=C/CC)/C=C/C=C(Cl)\C=N/C)c1. The molecule has 0 aliphatic carbocycles. The highest BCUT2D eigenvalue weighted by Crippen LogP contribution is 2.11. The van der Waals surface area contributed by atoms with Gasteiger partial charge in [-0.05, 0) is 36.3 Å². The van der Waals surface area contributed by atoms with E-state index in [9.17, 15) is 4.79 Å². The minimum Gasteiger partial charge on any atom is -0.393 e. The average Bonchev–Trinajstić information content (AvgIpc) is 2.80. The minimum absolute atomic E-state index is 0.178. The number of halogens is 2. The van der Waals surface area contributed by atoms with Crippen molar-refractivity contribution in [3.63, 3.8) is 0 Å². The number of nitrogens with zero attached hydrogens (tertiary/aromatic N) is 2. The van der Waals surface area contributed by atoms with Gasteiger partial charge in [0.25, 0.3) is 5.91 Å². The van der Waals surface area contributed by atoms with Crippen molar-refractivity contribution in [1.29, 1.82) is 0 Å². The first kappa shape index (κ1) is 28.9. The van der Waals surface area contributed by atoms with Crippen LogP contribution in [-0.2, 0) is 6.42 Å². The average molecular weight is 502 g/mol. The number of carbonyl (C=O) groups is 1. The summed E-state index contributed by atoms with van der Waals surface area (Å²) in [4.78, 5) is 21.0. The van der Waals surface area contributed by atoms with E-state index in [1.54, 1.807) is 50.9 Å². The van der Waals surface area contributed by atoms with E-state index in [-0.39, 0.29) is 5.91 Å². The van der Waals surface area contributed by atoms with Gasteiger partial charge in [-0.15, -0.1) is 0 Å². The van der Waals surface area contributed by atoms with Crippen molar-refractivity contribution in [2.45, 2.75) is 19.8 Å². The summed E-state index contributed by atoms with van der Waals surface area (Å²) in [5.74, 6) is -0.178. The monoisotopic (exact) mass is 501 g/mol. The number of allylic oxidation sites excluding steroid dienone is 8. The first-order chi connectivity index (χ1) is 16.4. The Morgan fingerprint density at radius 1 is 1.26 bits per heavy atom. The number of pyridine rings is 1. The number of amides is 1. The van der Waals surface area contributed by atoms with E-state index in [0.29, 0.717) is 35.1 Å². The molecule has 0 aromatic carbocycles. The number of rotatable bonds is 14. The molecular formula is C26H33Cl2N5O. The van der Waals surface area contributed by atoms with Crippen molar-refractivity contribution in [3.05, 3.63) is 100 Å². The van der Waals surface area contributed by atoms with Crippen LogP contribution in [0.4, 0.5) is 0 Å². The zero-order valence-corrected chi connectivity index (χ0v) is 21.5. The van der Waals surface area contributed by atoms with E-state index in [1.165, 1.54) is 0 Å². The lowest BCUT2D eigenvalue weighted by Gasteiger charge is -2.12. The molecule has 0 atom stereocenters. The molecule has 0 radical (unpaired) electrons. The molecule has 34 heavy (non-hydrogen) atoms. The summed E-state index contributed by atoms with van der Waals surface area (Å²) >= 11 is 11.8. The Kier molecular flexibility index (Phi) is 14.8. The maximum Gasteiger partial charge on any atom is 0.251 e. The summed E-state index contributed by atoms with van der Waals surface area (Å²) in [6, 6.07) is 3.51. The fourth-order valence-corrected chi connectivity index (χ4v) is 3.07. The van der Waals surface area contributed by atoms with Gasteiger partial charge in [0.05, 0.1) is 11.6 Å². The third-order valence-electron chi connectivity index (χ3n) is 4.25. The molecule has 8 heteroatoms. The second kappa shape index (κ2) is 17.4. The molecule has 0 aliphatic rings. The Bertz CT molecular complexity index is 991. The van der Waals surface area contributed by atoms with Crippen molar-refractivity contribution in [3.8, 4) is 0 Å². The summed E-state index contributed by atoms with van der Waals surface area (Å²) in [7, 11) is 3.47. The lowest BCUT2D eigenvalue weighted by Crippen LogP contribution is -2.31. The fraction of sp³-hybridized carbons (Fsp3) is 0.269. The molecule has 0 aliphatic heterocycles. The minimum atomic E-state index is -0.178. The van der Waals surface area contributed by atoms with Crippen molar-refractivity contribution < 1.29 is 4.79 Å². The van der Waals surface area contributed by atoms with Crippen LogP contribution in [-0.4, -0.2) is 44.3 Å². The molecular weight excluding hydrogens is 469 g/mol. The van der Waals surface area contributed by atoms with Crippen LogP contribution in [0.25, 0.3) is 0 Å². The summed E-state index contributed by atoms with van der Waals surface area (Å²) in [5.41, 5.74) is 3.26. The molecule has 1 aromatic rings. The number of hydrogen-bond acceptors (Lipinski definition) is 5. The molecule has 3 N–H and O–H groups in total. The Morgan fingerprint density at radius 3 is 2.74 bits per heavy atom. The molecule has 0 spiro atoms. The van der Waals surface area contributed by atoms with Gasteiger partial charge in [-0.1, -0.05) is 61.0 Å². The van der Waals surface area contributed by atoms with Crippen LogP contribution in [0.2, 0.25) is 0 Å². The Morgan fingerprint density at radius 2 is 2.06 bits per heavy atom. The van der Waals surface area contributed by atoms with Gasteiger partial charge in [0.1, 0.15) is 0 Å². The van der Waals surface area contributed by atoms with Crippen LogP contribution in [0.15, 0.2) is 93.9 Å². The number of nitrogens with one attached hydrogen (secondary N) is 3. The smallest absolute Gasteiger partial charge is 0.251 e. The highest BCUT2D eigenvalue weighted by Gasteiger charge is 2.08. The van der Waals surface area contributed by atoms with Gasteiger partial charge in [-0.2, -0.15) is 0 Å². The number of carbonyl (C=O) groups excluding carboxylic acids is 1. The number of hydrogen-bond donors (Lipinski definition) is 3. The standard InChI is InChI=1S/C26H33Cl2N5O/c1-5-8-21(10-6-11-23(28)17-29-3)15-24-16-22(12-14-32-24)26(34)33-19-25(18-30-4)31-13-7-9-20(2)27/h6-12,14,16-18,30-31H,2,5,13,15,19H2,1,3-4H3,(H,33,34)/b9-7-,10-6+,21-8+,23-11+,25-18-,29-17-. The van der Waals surface area contributed by atoms with Crippen LogP contribution < -0.4 is 16.0 Å². The summed E-state index contributed by atoms with van der Waals surface area (Å²) < 4.78 is 0. The zero-order valence-electron chi connectivity index (χ0n) is 19.9. The quantitative estimate of drug-likeness (QED) is 0.246. The molecule has 1 amide bonds. The lowest BCUT2D eigenvalue weighted by molar-refractivity contribution is 0.0956.